The first-order valence-corrected chi connectivity index (χ1v) is 7.98. The molecule has 1 fully saturated rings. The SMILES string of the molecule is CC(=O)OC[C@H]1OC(O)[C@H](OC(C)=O)[C@@H](SC(C)=O)[C@@H]1OC(C)=O. The van der Waals surface area contributed by atoms with Crippen molar-refractivity contribution in [3.8, 4) is 0 Å². The van der Waals surface area contributed by atoms with Gasteiger partial charge in [0.1, 0.15) is 18.8 Å². The van der Waals surface area contributed by atoms with E-state index in [1.54, 1.807) is 0 Å². The summed E-state index contributed by atoms with van der Waals surface area (Å²) in [6.45, 7) is 4.46. The fourth-order valence-corrected chi connectivity index (χ4v) is 3.28. The normalized spacial score (nSPS) is 29.5. The number of rotatable bonds is 5. The highest BCUT2D eigenvalue weighted by Gasteiger charge is 2.50. The lowest BCUT2D eigenvalue weighted by molar-refractivity contribution is -0.259. The molecule has 0 aliphatic carbocycles. The van der Waals surface area contributed by atoms with Gasteiger partial charge in [0.2, 0.25) is 0 Å². The quantitative estimate of drug-likeness (QED) is 0.517. The van der Waals surface area contributed by atoms with Crippen LogP contribution in [-0.4, -0.2) is 64.6 Å². The number of hydrogen-bond donors (Lipinski definition) is 1. The highest BCUT2D eigenvalue weighted by atomic mass is 32.2. The van der Waals surface area contributed by atoms with Gasteiger partial charge in [-0.3, -0.25) is 19.2 Å². The fraction of sp³-hybridized carbons (Fsp3) is 0.714. The molecule has 0 aromatic heterocycles. The van der Waals surface area contributed by atoms with Gasteiger partial charge in [-0.15, -0.1) is 0 Å². The first-order chi connectivity index (χ1) is 11.1. The van der Waals surface area contributed by atoms with Gasteiger partial charge in [-0.05, 0) is 0 Å². The van der Waals surface area contributed by atoms with E-state index >= 15 is 0 Å². The Labute approximate surface area is 142 Å². The standard InChI is InChI=1S/C14H20O9S/c1-6(15)20-5-10-11(21-7(2)16)13(24-9(4)18)12(14(19)23-10)22-8(3)17/h10-14,19H,5H2,1-4H3/t10-,11-,12-,13+,14?/m1/s1. The summed E-state index contributed by atoms with van der Waals surface area (Å²) < 4.78 is 20.3. The summed E-state index contributed by atoms with van der Waals surface area (Å²) in [4.78, 5) is 45.2. The Hall–Kier alpha value is -1.65. The third-order valence-electron chi connectivity index (χ3n) is 2.97. The summed E-state index contributed by atoms with van der Waals surface area (Å²) >= 11 is 0.743. The second kappa shape index (κ2) is 9.00. The zero-order chi connectivity index (χ0) is 18.4. The predicted octanol–water partition coefficient (Wildman–Crippen LogP) is -0.222. The largest absolute Gasteiger partial charge is 0.463 e. The molecule has 1 heterocycles. The Bertz CT molecular complexity index is 506. The lowest BCUT2D eigenvalue weighted by Gasteiger charge is -2.42. The molecule has 0 amide bonds. The lowest BCUT2D eigenvalue weighted by atomic mass is 10.0. The number of hydrogen-bond acceptors (Lipinski definition) is 10. The van der Waals surface area contributed by atoms with Crippen molar-refractivity contribution in [2.75, 3.05) is 6.61 Å². The van der Waals surface area contributed by atoms with Crippen molar-refractivity contribution in [1.29, 1.82) is 0 Å². The summed E-state index contributed by atoms with van der Waals surface area (Å²) in [6.07, 6.45) is -4.88. The van der Waals surface area contributed by atoms with Gasteiger partial charge < -0.3 is 24.1 Å². The molecule has 9 nitrogen and oxygen atoms in total. The second-order valence-corrected chi connectivity index (χ2v) is 6.44. The number of aliphatic hydroxyl groups is 1. The number of thioether (sulfide) groups is 1. The van der Waals surface area contributed by atoms with Crippen LogP contribution in [0.2, 0.25) is 0 Å². The van der Waals surface area contributed by atoms with Crippen molar-refractivity contribution in [3.05, 3.63) is 0 Å². The maximum absolute atomic E-state index is 11.5. The van der Waals surface area contributed by atoms with Crippen LogP contribution in [0.5, 0.6) is 0 Å². The molecular formula is C14H20O9S. The third-order valence-corrected chi connectivity index (χ3v) is 4.11. The van der Waals surface area contributed by atoms with Crippen LogP contribution in [0.4, 0.5) is 0 Å². The minimum atomic E-state index is -1.57. The van der Waals surface area contributed by atoms with E-state index in [2.05, 4.69) is 0 Å². The molecule has 136 valence electrons. The molecule has 1 rings (SSSR count). The maximum atomic E-state index is 11.5. The van der Waals surface area contributed by atoms with E-state index in [0.29, 0.717) is 0 Å². The van der Waals surface area contributed by atoms with Crippen LogP contribution >= 0.6 is 11.8 Å². The Morgan fingerprint density at radius 1 is 0.958 bits per heavy atom. The highest BCUT2D eigenvalue weighted by Crippen LogP contribution is 2.34. The van der Waals surface area contributed by atoms with E-state index in [1.807, 2.05) is 0 Å². The average molecular weight is 364 g/mol. The van der Waals surface area contributed by atoms with Crippen LogP contribution in [0, 0.1) is 0 Å². The van der Waals surface area contributed by atoms with Crippen LogP contribution in [-0.2, 0) is 38.1 Å². The molecule has 1 saturated heterocycles. The van der Waals surface area contributed by atoms with Gasteiger partial charge in [-0.25, -0.2) is 0 Å². The summed E-state index contributed by atoms with van der Waals surface area (Å²) in [5.41, 5.74) is 0. The Morgan fingerprint density at radius 2 is 1.50 bits per heavy atom. The van der Waals surface area contributed by atoms with Crippen molar-refractivity contribution < 1.29 is 43.2 Å². The van der Waals surface area contributed by atoms with Crippen LogP contribution in [0.25, 0.3) is 0 Å². The van der Waals surface area contributed by atoms with E-state index in [-0.39, 0.29) is 11.7 Å². The summed E-state index contributed by atoms with van der Waals surface area (Å²) in [5, 5.41) is 8.83. The van der Waals surface area contributed by atoms with E-state index in [9.17, 15) is 24.3 Å². The van der Waals surface area contributed by atoms with Gasteiger partial charge >= 0.3 is 17.9 Å². The van der Waals surface area contributed by atoms with Gasteiger partial charge in [0.15, 0.2) is 17.5 Å². The van der Waals surface area contributed by atoms with E-state index in [0.717, 1.165) is 25.6 Å². The van der Waals surface area contributed by atoms with Crippen LogP contribution in [0.3, 0.4) is 0 Å². The number of carbonyl (C=O) groups is 4. The molecule has 10 heteroatoms. The molecule has 1 aliphatic rings. The molecule has 0 aromatic rings. The van der Waals surface area contributed by atoms with Crippen molar-refractivity contribution in [3.63, 3.8) is 0 Å². The number of ether oxygens (including phenoxy) is 4. The van der Waals surface area contributed by atoms with Gasteiger partial charge in [0.05, 0.1) is 5.25 Å². The van der Waals surface area contributed by atoms with E-state index in [4.69, 9.17) is 18.9 Å². The maximum Gasteiger partial charge on any atom is 0.303 e. The predicted molar refractivity (Wildman–Crippen MR) is 80.7 cm³/mol. The molecule has 0 spiro atoms. The number of aliphatic hydroxyl groups excluding tert-OH is 1. The monoisotopic (exact) mass is 364 g/mol. The summed E-state index contributed by atoms with van der Waals surface area (Å²) in [5.74, 6) is -1.95. The molecule has 1 unspecified atom stereocenters. The van der Waals surface area contributed by atoms with Crippen molar-refractivity contribution >= 4 is 34.8 Å². The molecule has 24 heavy (non-hydrogen) atoms. The average Bonchev–Trinajstić information content (AvgIpc) is 2.42. The van der Waals surface area contributed by atoms with Gasteiger partial charge in [0.25, 0.3) is 0 Å². The van der Waals surface area contributed by atoms with Crippen molar-refractivity contribution in [2.45, 2.75) is 57.5 Å². The van der Waals surface area contributed by atoms with Crippen molar-refractivity contribution in [2.24, 2.45) is 0 Å². The summed E-state index contributed by atoms with van der Waals surface area (Å²) in [6, 6.07) is 0. The fourth-order valence-electron chi connectivity index (χ4n) is 2.21. The van der Waals surface area contributed by atoms with Gasteiger partial charge in [-0.2, -0.15) is 0 Å². The van der Waals surface area contributed by atoms with Crippen LogP contribution in [0.15, 0.2) is 0 Å². The Balaban J connectivity index is 3.11. The second-order valence-electron chi connectivity index (χ2n) is 5.09. The van der Waals surface area contributed by atoms with Crippen LogP contribution < -0.4 is 0 Å². The molecule has 0 bridgehead atoms. The molecular weight excluding hydrogens is 344 g/mol. The molecule has 5 atom stereocenters. The molecule has 1 N–H and O–H groups in total. The first-order valence-electron chi connectivity index (χ1n) is 7.10. The molecule has 0 aromatic carbocycles. The van der Waals surface area contributed by atoms with Crippen molar-refractivity contribution in [1.82, 2.24) is 0 Å². The minimum absolute atomic E-state index is 0.300. The number of carbonyl (C=O) groups excluding carboxylic acids is 4. The third kappa shape index (κ3) is 6.10. The summed E-state index contributed by atoms with van der Waals surface area (Å²) in [7, 11) is 0. The first kappa shape index (κ1) is 20.4. The molecule has 0 radical (unpaired) electrons. The topological polar surface area (TPSA) is 125 Å². The van der Waals surface area contributed by atoms with Crippen LogP contribution in [0.1, 0.15) is 27.7 Å². The zero-order valence-electron chi connectivity index (χ0n) is 13.7. The smallest absolute Gasteiger partial charge is 0.303 e. The van der Waals surface area contributed by atoms with E-state index < -0.39 is 47.8 Å². The minimum Gasteiger partial charge on any atom is -0.463 e. The molecule has 0 saturated carbocycles. The highest BCUT2D eigenvalue weighted by molar-refractivity contribution is 8.14. The number of esters is 3. The Morgan fingerprint density at radius 3 is 1.96 bits per heavy atom. The molecule has 1 aliphatic heterocycles. The zero-order valence-corrected chi connectivity index (χ0v) is 14.5. The lowest BCUT2D eigenvalue weighted by Crippen LogP contribution is -2.60. The van der Waals surface area contributed by atoms with Gasteiger partial charge in [-0.1, -0.05) is 11.8 Å². The Kier molecular flexibility index (Phi) is 7.64. The van der Waals surface area contributed by atoms with Gasteiger partial charge in [0, 0.05) is 27.7 Å². The van der Waals surface area contributed by atoms with E-state index in [1.165, 1.54) is 13.8 Å².